The maximum atomic E-state index is 5.89. The van der Waals surface area contributed by atoms with Crippen LogP contribution in [0.4, 0.5) is 0 Å². The van der Waals surface area contributed by atoms with E-state index >= 15 is 0 Å². The van der Waals surface area contributed by atoms with Crippen LogP contribution in [0.25, 0.3) is 0 Å². The van der Waals surface area contributed by atoms with E-state index in [0.29, 0.717) is 12.0 Å². The second-order valence-corrected chi connectivity index (χ2v) is 3.84. The highest BCUT2D eigenvalue weighted by atomic mass is 15.1. The number of rotatable bonds is 2. The van der Waals surface area contributed by atoms with E-state index in [9.17, 15) is 0 Å². The van der Waals surface area contributed by atoms with Crippen molar-refractivity contribution in [3.05, 3.63) is 18.2 Å². The summed E-state index contributed by atoms with van der Waals surface area (Å²) in [6.07, 6.45) is 7.41. The van der Waals surface area contributed by atoms with Crippen LogP contribution in [-0.2, 0) is 6.54 Å². The lowest BCUT2D eigenvalue weighted by Crippen LogP contribution is -2.15. The summed E-state index contributed by atoms with van der Waals surface area (Å²) in [4.78, 5) is 4.41. The zero-order chi connectivity index (χ0) is 9.26. The number of imidazole rings is 1. The van der Waals surface area contributed by atoms with E-state index in [1.54, 1.807) is 0 Å². The Hall–Kier alpha value is -0.830. The van der Waals surface area contributed by atoms with Crippen LogP contribution in [0.3, 0.4) is 0 Å². The summed E-state index contributed by atoms with van der Waals surface area (Å²) in [5.41, 5.74) is 5.89. The SMILES string of the molecule is CCn1ccnc1[C@@H]1CC[C@@H](N)C1. The summed E-state index contributed by atoms with van der Waals surface area (Å²) in [5.74, 6) is 1.83. The highest BCUT2D eigenvalue weighted by Crippen LogP contribution is 2.32. The van der Waals surface area contributed by atoms with Gasteiger partial charge in [-0.25, -0.2) is 4.98 Å². The highest BCUT2D eigenvalue weighted by molar-refractivity contribution is 5.04. The molecule has 1 fully saturated rings. The monoisotopic (exact) mass is 179 g/mol. The first-order chi connectivity index (χ1) is 6.31. The second-order valence-electron chi connectivity index (χ2n) is 3.84. The topological polar surface area (TPSA) is 43.8 Å². The molecule has 13 heavy (non-hydrogen) atoms. The van der Waals surface area contributed by atoms with Gasteiger partial charge in [-0.1, -0.05) is 0 Å². The van der Waals surface area contributed by atoms with Crippen LogP contribution in [0, 0.1) is 0 Å². The van der Waals surface area contributed by atoms with Crippen molar-refractivity contribution in [1.82, 2.24) is 9.55 Å². The zero-order valence-electron chi connectivity index (χ0n) is 8.11. The van der Waals surface area contributed by atoms with Gasteiger partial charge >= 0.3 is 0 Å². The zero-order valence-corrected chi connectivity index (χ0v) is 8.11. The summed E-state index contributed by atoms with van der Waals surface area (Å²) >= 11 is 0. The molecule has 0 saturated heterocycles. The van der Waals surface area contributed by atoms with E-state index in [0.717, 1.165) is 19.4 Å². The van der Waals surface area contributed by atoms with Crippen LogP contribution in [0.1, 0.15) is 37.9 Å². The third-order valence-corrected chi connectivity index (χ3v) is 2.93. The minimum Gasteiger partial charge on any atom is -0.335 e. The lowest BCUT2D eigenvalue weighted by atomic mass is 10.1. The Morgan fingerprint density at radius 2 is 2.46 bits per heavy atom. The van der Waals surface area contributed by atoms with Gasteiger partial charge in [0, 0.05) is 30.9 Å². The van der Waals surface area contributed by atoms with Crippen molar-refractivity contribution in [3.63, 3.8) is 0 Å². The lowest BCUT2D eigenvalue weighted by Gasteiger charge is -2.10. The van der Waals surface area contributed by atoms with Crippen LogP contribution in [0.2, 0.25) is 0 Å². The smallest absolute Gasteiger partial charge is 0.111 e. The average molecular weight is 179 g/mol. The Balaban J connectivity index is 2.16. The van der Waals surface area contributed by atoms with Gasteiger partial charge in [0.1, 0.15) is 5.82 Å². The number of nitrogens with two attached hydrogens (primary N) is 1. The van der Waals surface area contributed by atoms with E-state index in [1.807, 2.05) is 6.20 Å². The molecule has 2 atom stereocenters. The van der Waals surface area contributed by atoms with Gasteiger partial charge < -0.3 is 10.3 Å². The first-order valence-corrected chi connectivity index (χ1v) is 5.08. The van der Waals surface area contributed by atoms with Crippen molar-refractivity contribution in [2.45, 2.75) is 44.7 Å². The molecule has 0 amide bonds. The standard InChI is InChI=1S/C10H17N3/c1-2-13-6-5-12-10(13)8-3-4-9(11)7-8/h5-6,8-9H,2-4,7,11H2,1H3/t8-,9-/m1/s1. The van der Waals surface area contributed by atoms with Crippen LogP contribution >= 0.6 is 0 Å². The van der Waals surface area contributed by atoms with Crippen molar-refractivity contribution in [2.24, 2.45) is 5.73 Å². The normalized spacial score (nSPS) is 28.2. The van der Waals surface area contributed by atoms with Crippen LogP contribution in [0.15, 0.2) is 12.4 Å². The number of hydrogen-bond acceptors (Lipinski definition) is 2. The van der Waals surface area contributed by atoms with Crippen molar-refractivity contribution < 1.29 is 0 Å². The molecular weight excluding hydrogens is 162 g/mol. The molecule has 1 aromatic rings. The summed E-state index contributed by atoms with van der Waals surface area (Å²) in [5, 5.41) is 0. The predicted octanol–water partition coefficient (Wildman–Crippen LogP) is 1.50. The molecule has 0 spiro atoms. The fourth-order valence-corrected chi connectivity index (χ4v) is 2.20. The number of hydrogen-bond donors (Lipinski definition) is 1. The van der Waals surface area contributed by atoms with Gasteiger partial charge in [0.25, 0.3) is 0 Å². The summed E-state index contributed by atoms with van der Waals surface area (Å²) in [6, 6.07) is 0.395. The number of aromatic nitrogens is 2. The Morgan fingerprint density at radius 1 is 1.62 bits per heavy atom. The predicted molar refractivity (Wildman–Crippen MR) is 52.5 cm³/mol. The fraction of sp³-hybridized carbons (Fsp3) is 0.700. The van der Waals surface area contributed by atoms with Crippen molar-refractivity contribution in [2.75, 3.05) is 0 Å². The van der Waals surface area contributed by atoms with Crippen molar-refractivity contribution >= 4 is 0 Å². The quantitative estimate of drug-likeness (QED) is 0.747. The maximum Gasteiger partial charge on any atom is 0.111 e. The molecule has 1 aromatic heterocycles. The first-order valence-electron chi connectivity index (χ1n) is 5.08. The molecule has 72 valence electrons. The van der Waals surface area contributed by atoms with Gasteiger partial charge in [-0.2, -0.15) is 0 Å². The summed E-state index contributed by atoms with van der Waals surface area (Å²) in [6.45, 7) is 3.17. The molecule has 0 bridgehead atoms. The second kappa shape index (κ2) is 3.50. The minimum absolute atomic E-state index is 0.395. The molecule has 1 saturated carbocycles. The fourth-order valence-electron chi connectivity index (χ4n) is 2.20. The van der Waals surface area contributed by atoms with E-state index in [-0.39, 0.29) is 0 Å². The molecular formula is C10H17N3. The largest absolute Gasteiger partial charge is 0.335 e. The van der Waals surface area contributed by atoms with Crippen molar-refractivity contribution in [3.8, 4) is 0 Å². The van der Waals surface area contributed by atoms with E-state index in [1.165, 1.54) is 12.2 Å². The average Bonchev–Trinajstić information content (AvgIpc) is 2.71. The van der Waals surface area contributed by atoms with Crippen molar-refractivity contribution in [1.29, 1.82) is 0 Å². The molecule has 0 unspecified atom stereocenters. The molecule has 2 rings (SSSR count). The van der Waals surface area contributed by atoms with Gasteiger partial charge in [0.05, 0.1) is 0 Å². The highest BCUT2D eigenvalue weighted by Gasteiger charge is 2.25. The molecule has 0 aromatic carbocycles. The molecule has 3 heteroatoms. The van der Waals surface area contributed by atoms with Crippen LogP contribution in [-0.4, -0.2) is 15.6 Å². The molecule has 0 aliphatic heterocycles. The molecule has 1 aliphatic rings. The Morgan fingerprint density at radius 3 is 3.08 bits per heavy atom. The van der Waals surface area contributed by atoms with E-state index in [4.69, 9.17) is 5.73 Å². The third kappa shape index (κ3) is 1.61. The maximum absolute atomic E-state index is 5.89. The van der Waals surface area contributed by atoms with Gasteiger partial charge in [-0.3, -0.25) is 0 Å². The molecule has 1 aliphatic carbocycles. The Kier molecular flexibility index (Phi) is 2.36. The van der Waals surface area contributed by atoms with Gasteiger partial charge in [-0.15, -0.1) is 0 Å². The minimum atomic E-state index is 0.395. The first kappa shape index (κ1) is 8.75. The summed E-state index contributed by atoms with van der Waals surface area (Å²) < 4.78 is 2.22. The molecule has 2 N–H and O–H groups in total. The summed E-state index contributed by atoms with van der Waals surface area (Å²) in [7, 11) is 0. The van der Waals surface area contributed by atoms with Gasteiger partial charge in [-0.05, 0) is 26.2 Å². The van der Waals surface area contributed by atoms with Gasteiger partial charge in [0.15, 0.2) is 0 Å². The molecule has 1 heterocycles. The molecule has 3 nitrogen and oxygen atoms in total. The third-order valence-electron chi connectivity index (χ3n) is 2.93. The Labute approximate surface area is 79.0 Å². The van der Waals surface area contributed by atoms with Crippen LogP contribution < -0.4 is 5.73 Å². The number of nitrogens with zero attached hydrogens (tertiary/aromatic N) is 2. The Bertz CT molecular complexity index is 279. The van der Waals surface area contributed by atoms with E-state index < -0.39 is 0 Å². The lowest BCUT2D eigenvalue weighted by molar-refractivity contribution is 0.590. The van der Waals surface area contributed by atoms with Gasteiger partial charge in [0.2, 0.25) is 0 Å². The van der Waals surface area contributed by atoms with E-state index in [2.05, 4.69) is 22.7 Å². The van der Waals surface area contributed by atoms with Crippen LogP contribution in [0.5, 0.6) is 0 Å². The molecule has 0 radical (unpaired) electrons. The number of aryl methyl sites for hydroxylation is 1.